The molecular formula is C13H18N6O2. The molecule has 3 heterocycles. The summed E-state index contributed by atoms with van der Waals surface area (Å²) in [5.74, 6) is -0.238. The number of nitrogens with one attached hydrogen (secondary N) is 2. The van der Waals surface area contributed by atoms with Gasteiger partial charge in [-0.25, -0.2) is 0 Å². The van der Waals surface area contributed by atoms with E-state index in [9.17, 15) is 9.90 Å². The minimum absolute atomic E-state index is 0.238. The van der Waals surface area contributed by atoms with Crippen LogP contribution in [0.5, 0.6) is 0 Å². The molecule has 1 aliphatic heterocycles. The Labute approximate surface area is 121 Å². The number of hydrogen-bond acceptors (Lipinski definition) is 6. The first-order valence-corrected chi connectivity index (χ1v) is 7.05. The second-order valence-electron chi connectivity index (χ2n) is 5.41. The quantitative estimate of drug-likeness (QED) is 0.694. The molecule has 0 spiro atoms. The summed E-state index contributed by atoms with van der Waals surface area (Å²) in [6.07, 6.45) is 3.80. The summed E-state index contributed by atoms with van der Waals surface area (Å²) in [6, 6.07) is 3.35. The zero-order valence-electron chi connectivity index (χ0n) is 11.6. The number of aliphatic hydroxyl groups is 1. The molecule has 112 valence electrons. The van der Waals surface area contributed by atoms with Crippen LogP contribution in [0.3, 0.4) is 0 Å². The molecule has 3 rings (SSSR count). The lowest BCUT2D eigenvalue weighted by Crippen LogP contribution is -2.43. The summed E-state index contributed by atoms with van der Waals surface area (Å²) in [5.41, 5.74) is 0.211. The van der Waals surface area contributed by atoms with Gasteiger partial charge in [0, 0.05) is 12.7 Å². The molecule has 0 bridgehead atoms. The van der Waals surface area contributed by atoms with Gasteiger partial charge in [0.25, 0.3) is 5.91 Å². The van der Waals surface area contributed by atoms with Crippen molar-refractivity contribution in [3.63, 3.8) is 0 Å². The molecule has 0 radical (unpaired) electrons. The molecule has 1 amide bonds. The van der Waals surface area contributed by atoms with Gasteiger partial charge in [-0.05, 0) is 54.9 Å². The molecule has 1 fully saturated rings. The monoisotopic (exact) mass is 290 g/mol. The van der Waals surface area contributed by atoms with E-state index in [1.807, 2.05) is 0 Å². The van der Waals surface area contributed by atoms with Crippen LogP contribution in [0, 0.1) is 0 Å². The molecule has 0 unspecified atom stereocenters. The fourth-order valence-electron chi connectivity index (χ4n) is 2.51. The Balaban J connectivity index is 1.65. The Hall–Kier alpha value is -2.06. The van der Waals surface area contributed by atoms with Crippen LogP contribution < -0.4 is 10.6 Å². The number of carbonyl (C=O) groups is 1. The van der Waals surface area contributed by atoms with Crippen molar-refractivity contribution in [3.05, 3.63) is 23.9 Å². The normalized spacial score (nSPS) is 22.9. The number of tetrazole rings is 1. The molecule has 1 saturated heterocycles. The maximum absolute atomic E-state index is 12.2. The average molecular weight is 290 g/mol. The topological polar surface area (TPSA) is 104 Å². The van der Waals surface area contributed by atoms with E-state index < -0.39 is 5.60 Å². The van der Waals surface area contributed by atoms with Crippen molar-refractivity contribution in [2.75, 3.05) is 19.6 Å². The van der Waals surface area contributed by atoms with Crippen molar-refractivity contribution in [2.45, 2.75) is 24.9 Å². The highest BCUT2D eigenvalue weighted by Gasteiger charge is 2.28. The van der Waals surface area contributed by atoms with Crippen molar-refractivity contribution >= 4 is 11.6 Å². The molecule has 2 aromatic rings. The Morgan fingerprint density at radius 1 is 1.43 bits per heavy atom. The number of rotatable bonds is 3. The van der Waals surface area contributed by atoms with E-state index in [-0.39, 0.29) is 12.5 Å². The van der Waals surface area contributed by atoms with Gasteiger partial charge in [-0.1, -0.05) is 0 Å². The van der Waals surface area contributed by atoms with E-state index in [4.69, 9.17) is 0 Å². The highest BCUT2D eigenvalue weighted by atomic mass is 16.3. The lowest BCUT2D eigenvalue weighted by Gasteiger charge is -2.26. The Kier molecular flexibility index (Phi) is 3.80. The SMILES string of the molecule is O=C(NC[C@@]1(O)CCCNCC1)c1ccc2nnnn2c1. The fraction of sp³-hybridized carbons (Fsp3) is 0.538. The van der Waals surface area contributed by atoms with Crippen LogP contribution in [0.25, 0.3) is 5.65 Å². The van der Waals surface area contributed by atoms with Gasteiger partial charge >= 0.3 is 0 Å². The van der Waals surface area contributed by atoms with E-state index >= 15 is 0 Å². The molecule has 0 aliphatic carbocycles. The van der Waals surface area contributed by atoms with Crippen molar-refractivity contribution in [2.24, 2.45) is 0 Å². The zero-order valence-corrected chi connectivity index (χ0v) is 11.6. The van der Waals surface area contributed by atoms with Crippen LogP contribution in [0.2, 0.25) is 0 Å². The van der Waals surface area contributed by atoms with Crippen molar-refractivity contribution in [1.29, 1.82) is 0 Å². The maximum atomic E-state index is 12.2. The van der Waals surface area contributed by atoms with Gasteiger partial charge < -0.3 is 15.7 Å². The highest BCUT2D eigenvalue weighted by Crippen LogP contribution is 2.18. The van der Waals surface area contributed by atoms with E-state index in [1.165, 1.54) is 4.52 Å². The number of amides is 1. The first kappa shape index (κ1) is 13.9. The Morgan fingerprint density at radius 3 is 3.24 bits per heavy atom. The summed E-state index contributed by atoms with van der Waals surface area (Å²) >= 11 is 0. The van der Waals surface area contributed by atoms with E-state index in [2.05, 4.69) is 26.2 Å². The van der Waals surface area contributed by atoms with Crippen LogP contribution in [-0.2, 0) is 0 Å². The predicted octanol–water partition coefficient (Wildman–Crippen LogP) is -0.641. The zero-order chi connectivity index (χ0) is 14.7. The summed E-state index contributed by atoms with van der Waals surface area (Å²) in [7, 11) is 0. The number of hydrogen-bond donors (Lipinski definition) is 3. The van der Waals surface area contributed by atoms with E-state index in [0.717, 1.165) is 19.5 Å². The minimum Gasteiger partial charge on any atom is -0.388 e. The third-order valence-corrected chi connectivity index (χ3v) is 3.79. The van der Waals surface area contributed by atoms with Crippen LogP contribution in [0.4, 0.5) is 0 Å². The van der Waals surface area contributed by atoms with E-state index in [1.54, 1.807) is 18.3 Å². The van der Waals surface area contributed by atoms with Gasteiger partial charge in [0.15, 0.2) is 5.65 Å². The highest BCUT2D eigenvalue weighted by molar-refractivity contribution is 5.94. The summed E-state index contributed by atoms with van der Waals surface area (Å²) < 4.78 is 1.44. The number of aromatic nitrogens is 4. The third kappa shape index (κ3) is 3.17. The number of nitrogens with zero attached hydrogens (tertiary/aromatic N) is 4. The van der Waals surface area contributed by atoms with Gasteiger partial charge in [-0.2, -0.15) is 4.52 Å². The molecule has 21 heavy (non-hydrogen) atoms. The molecular weight excluding hydrogens is 272 g/mol. The predicted molar refractivity (Wildman–Crippen MR) is 74.8 cm³/mol. The molecule has 8 heteroatoms. The lowest BCUT2D eigenvalue weighted by atomic mass is 9.95. The first-order chi connectivity index (χ1) is 10.2. The Bertz CT molecular complexity index is 632. The van der Waals surface area contributed by atoms with Gasteiger partial charge in [0.2, 0.25) is 0 Å². The van der Waals surface area contributed by atoms with Crippen LogP contribution in [0.15, 0.2) is 18.3 Å². The average Bonchev–Trinajstić information content (AvgIpc) is 2.85. The third-order valence-electron chi connectivity index (χ3n) is 3.79. The Morgan fingerprint density at radius 2 is 2.33 bits per heavy atom. The van der Waals surface area contributed by atoms with Gasteiger partial charge in [-0.15, -0.1) is 5.10 Å². The largest absolute Gasteiger partial charge is 0.388 e. The molecule has 0 aromatic carbocycles. The van der Waals surface area contributed by atoms with E-state index in [0.29, 0.717) is 24.1 Å². The molecule has 2 aromatic heterocycles. The second-order valence-corrected chi connectivity index (χ2v) is 5.41. The number of pyridine rings is 1. The van der Waals surface area contributed by atoms with Crippen molar-refractivity contribution in [3.8, 4) is 0 Å². The smallest absolute Gasteiger partial charge is 0.252 e. The molecule has 1 atom stereocenters. The van der Waals surface area contributed by atoms with Crippen LogP contribution in [0.1, 0.15) is 29.6 Å². The molecule has 8 nitrogen and oxygen atoms in total. The standard InChI is InChI=1S/C13H18N6O2/c20-12(10-2-3-11-16-17-18-19(11)8-10)15-9-13(21)4-1-6-14-7-5-13/h2-3,8,14,21H,1,4-7,9H2,(H,15,20)/t13-/m1/s1. The van der Waals surface area contributed by atoms with Crippen LogP contribution in [-0.4, -0.2) is 56.3 Å². The lowest BCUT2D eigenvalue weighted by molar-refractivity contribution is 0.0275. The van der Waals surface area contributed by atoms with Gasteiger partial charge in [0.1, 0.15) is 0 Å². The second kappa shape index (κ2) is 5.74. The first-order valence-electron chi connectivity index (χ1n) is 7.05. The summed E-state index contributed by atoms with van der Waals surface area (Å²) in [5, 5.41) is 27.6. The minimum atomic E-state index is -0.835. The molecule has 1 aliphatic rings. The summed E-state index contributed by atoms with van der Waals surface area (Å²) in [4.78, 5) is 12.2. The maximum Gasteiger partial charge on any atom is 0.252 e. The van der Waals surface area contributed by atoms with Gasteiger partial charge in [-0.3, -0.25) is 4.79 Å². The number of fused-ring (bicyclic) bond motifs is 1. The van der Waals surface area contributed by atoms with Crippen molar-refractivity contribution < 1.29 is 9.90 Å². The van der Waals surface area contributed by atoms with Gasteiger partial charge in [0.05, 0.1) is 11.2 Å². The van der Waals surface area contributed by atoms with Crippen LogP contribution >= 0.6 is 0 Å². The summed E-state index contributed by atoms with van der Waals surface area (Å²) in [6.45, 7) is 1.93. The van der Waals surface area contributed by atoms with Crippen molar-refractivity contribution in [1.82, 2.24) is 30.7 Å². The number of carbonyl (C=O) groups excluding carboxylic acids is 1. The molecule has 3 N–H and O–H groups in total. The molecule has 0 saturated carbocycles. The fourth-order valence-corrected chi connectivity index (χ4v) is 2.51.